The van der Waals surface area contributed by atoms with Crippen LogP contribution in [0.15, 0.2) is 0 Å². The molecule has 0 saturated carbocycles. The Hall–Kier alpha value is -2.20. The molecule has 0 spiro atoms. The van der Waals surface area contributed by atoms with E-state index in [0.29, 0.717) is 0 Å². The molecule has 3 atom stereocenters. The van der Waals surface area contributed by atoms with Crippen LogP contribution in [-0.4, -0.2) is 69.0 Å². The van der Waals surface area contributed by atoms with Crippen LogP contribution in [0.2, 0.25) is 0 Å². The van der Waals surface area contributed by atoms with Crippen LogP contribution in [0, 0.1) is 0 Å². The van der Waals surface area contributed by atoms with Crippen LogP contribution in [0.5, 0.6) is 0 Å². The number of carboxylic acid groups (broad SMARTS) is 4. The zero-order valence-corrected chi connectivity index (χ0v) is 11.3. The Morgan fingerprint density at radius 3 is 1.67 bits per heavy atom. The second kappa shape index (κ2) is 8.87. The van der Waals surface area contributed by atoms with E-state index in [4.69, 9.17) is 20.4 Å². The molecule has 120 valence electrons. The van der Waals surface area contributed by atoms with E-state index in [1.807, 2.05) is 0 Å². The normalized spacial score (nSPS) is 14.9. The second-order valence-corrected chi connectivity index (χ2v) is 4.45. The fourth-order valence-electron chi connectivity index (χ4n) is 1.53. The average Bonchev–Trinajstić information content (AvgIpc) is 2.32. The van der Waals surface area contributed by atoms with Crippen LogP contribution in [0.1, 0.15) is 19.8 Å². The van der Waals surface area contributed by atoms with E-state index in [2.05, 4.69) is 10.6 Å². The predicted octanol–water partition coefficient (Wildman–Crippen LogP) is -1.59. The van der Waals surface area contributed by atoms with Gasteiger partial charge in [-0.15, -0.1) is 0 Å². The maximum absolute atomic E-state index is 10.8. The number of nitrogens with one attached hydrogen (secondary N) is 2. The van der Waals surface area contributed by atoms with Crippen LogP contribution < -0.4 is 10.6 Å². The molecule has 0 aliphatic carbocycles. The predicted molar refractivity (Wildman–Crippen MR) is 68.0 cm³/mol. The molecular weight excluding hydrogens is 288 g/mol. The minimum Gasteiger partial charge on any atom is -0.481 e. The summed E-state index contributed by atoms with van der Waals surface area (Å²) in [7, 11) is 0. The molecule has 0 aromatic rings. The van der Waals surface area contributed by atoms with Crippen LogP contribution in [0.3, 0.4) is 0 Å². The molecule has 0 aromatic heterocycles. The largest absolute Gasteiger partial charge is 0.481 e. The Kier molecular flexibility index (Phi) is 7.94. The smallest absolute Gasteiger partial charge is 0.321 e. The lowest BCUT2D eigenvalue weighted by Gasteiger charge is -2.21. The van der Waals surface area contributed by atoms with Crippen LogP contribution in [0.4, 0.5) is 0 Å². The first-order valence-electron chi connectivity index (χ1n) is 6.02. The SMILES string of the molecule is CC(CNC(CC(=O)O)C(=O)O)NC(CC(=O)O)C(=O)O. The van der Waals surface area contributed by atoms with Crippen molar-refractivity contribution in [2.45, 2.75) is 37.9 Å². The van der Waals surface area contributed by atoms with Crippen LogP contribution in [0.25, 0.3) is 0 Å². The number of hydrogen-bond acceptors (Lipinski definition) is 6. The highest BCUT2D eigenvalue weighted by Gasteiger charge is 2.24. The molecule has 6 N–H and O–H groups in total. The summed E-state index contributed by atoms with van der Waals surface area (Å²) in [5.41, 5.74) is 0. The second-order valence-electron chi connectivity index (χ2n) is 4.45. The number of aliphatic carboxylic acids is 4. The van der Waals surface area contributed by atoms with Crippen molar-refractivity contribution in [1.82, 2.24) is 10.6 Å². The fourth-order valence-corrected chi connectivity index (χ4v) is 1.53. The van der Waals surface area contributed by atoms with Crippen molar-refractivity contribution in [1.29, 1.82) is 0 Å². The van der Waals surface area contributed by atoms with Crippen molar-refractivity contribution in [2.75, 3.05) is 6.54 Å². The summed E-state index contributed by atoms with van der Waals surface area (Å²) >= 11 is 0. The van der Waals surface area contributed by atoms with E-state index in [1.54, 1.807) is 0 Å². The first kappa shape index (κ1) is 18.8. The van der Waals surface area contributed by atoms with Gasteiger partial charge >= 0.3 is 23.9 Å². The van der Waals surface area contributed by atoms with Crippen molar-refractivity contribution in [3.63, 3.8) is 0 Å². The van der Waals surface area contributed by atoms with E-state index in [0.717, 1.165) is 0 Å². The van der Waals surface area contributed by atoms with Gasteiger partial charge in [-0.25, -0.2) is 0 Å². The Morgan fingerprint density at radius 2 is 1.29 bits per heavy atom. The summed E-state index contributed by atoms with van der Waals surface area (Å²) in [6.45, 7) is 1.48. The lowest BCUT2D eigenvalue weighted by atomic mass is 10.1. The highest BCUT2D eigenvalue weighted by molar-refractivity contribution is 5.81. The van der Waals surface area contributed by atoms with E-state index >= 15 is 0 Å². The summed E-state index contributed by atoms with van der Waals surface area (Å²) < 4.78 is 0. The average molecular weight is 306 g/mol. The fraction of sp³-hybridized carbons (Fsp3) is 0.636. The van der Waals surface area contributed by atoms with Crippen molar-refractivity contribution in [3.05, 3.63) is 0 Å². The van der Waals surface area contributed by atoms with Gasteiger partial charge in [0.25, 0.3) is 0 Å². The van der Waals surface area contributed by atoms with Gasteiger partial charge in [-0.05, 0) is 6.92 Å². The third-order valence-electron chi connectivity index (χ3n) is 2.51. The molecule has 21 heavy (non-hydrogen) atoms. The van der Waals surface area contributed by atoms with Crippen molar-refractivity contribution < 1.29 is 39.6 Å². The first-order valence-corrected chi connectivity index (χ1v) is 6.02. The van der Waals surface area contributed by atoms with Gasteiger partial charge in [0.15, 0.2) is 0 Å². The molecule has 0 radical (unpaired) electrons. The van der Waals surface area contributed by atoms with Gasteiger partial charge in [-0.1, -0.05) is 0 Å². The van der Waals surface area contributed by atoms with Crippen LogP contribution in [-0.2, 0) is 19.2 Å². The Morgan fingerprint density at radius 1 is 0.857 bits per heavy atom. The number of hydrogen-bond donors (Lipinski definition) is 6. The number of carboxylic acids is 4. The molecule has 0 bridgehead atoms. The maximum atomic E-state index is 10.8. The monoisotopic (exact) mass is 306 g/mol. The highest BCUT2D eigenvalue weighted by Crippen LogP contribution is 1.97. The minimum absolute atomic E-state index is 0.0341. The first-order chi connectivity index (χ1) is 9.63. The third kappa shape index (κ3) is 8.55. The van der Waals surface area contributed by atoms with Gasteiger partial charge in [-0.2, -0.15) is 0 Å². The molecule has 0 rings (SSSR count). The zero-order valence-electron chi connectivity index (χ0n) is 11.3. The van der Waals surface area contributed by atoms with E-state index < -0.39 is 54.8 Å². The van der Waals surface area contributed by atoms with E-state index in [9.17, 15) is 19.2 Å². The molecule has 0 heterocycles. The van der Waals surface area contributed by atoms with Gasteiger partial charge in [0.2, 0.25) is 0 Å². The number of rotatable bonds is 11. The molecule has 0 saturated heterocycles. The molecule has 0 fully saturated rings. The molecule has 10 heteroatoms. The van der Waals surface area contributed by atoms with E-state index in [1.165, 1.54) is 6.92 Å². The van der Waals surface area contributed by atoms with Crippen molar-refractivity contribution in [3.8, 4) is 0 Å². The van der Waals surface area contributed by atoms with Gasteiger partial charge in [0.05, 0.1) is 12.8 Å². The molecule has 3 unspecified atom stereocenters. The highest BCUT2D eigenvalue weighted by atomic mass is 16.4. The Labute approximate surface area is 119 Å². The van der Waals surface area contributed by atoms with Crippen LogP contribution >= 0.6 is 0 Å². The summed E-state index contributed by atoms with van der Waals surface area (Å²) in [4.78, 5) is 42.6. The minimum atomic E-state index is -1.34. The van der Waals surface area contributed by atoms with Crippen molar-refractivity contribution >= 4 is 23.9 Å². The standard InChI is InChI=1S/C11H18N2O8/c1-5(13-7(11(20)21)3-9(16)17)4-12-6(10(18)19)2-8(14)15/h5-7,12-13H,2-4H2,1H3,(H,14,15)(H,16,17)(H,18,19)(H,20,21). The molecular formula is C11H18N2O8. The van der Waals surface area contributed by atoms with Gasteiger partial charge in [0.1, 0.15) is 12.1 Å². The maximum Gasteiger partial charge on any atom is 0.321 e. The molecule has 0 aliphatic heterocycles. The van der Waals surface area contributed by atoms with Gasteiger partial charge in [0, 0.05) is 12.6 Å². The summed E-state index contributed by atoms with van der Waals surface area (Å²) in [5.74, 6) is -5.26. The van der Waals surface area contributed by atoms with Gasteiger partial charge < -0.3 is 31.1 Å². The molecule has 0 aliphatic rings. The molecule has 0 aromatic carbocycles. The Bertz CT molecular complexity index is 411. The summed E-state index contributed by atoms with van der Waals surface area (Å²) in [6.07, 6.45) is -1.25. The number of carbonyl (C=O) groups is 4. The Balaban J connectivity index is 4.42. The zero-order chi connectivity index (χ0) is 16.6. The third-order valence-corrected chi connectivity index (χ3v) is 2.51. The van der Waals surface area contributed by atoms with Crippen molar-refractivity contribution in [2.24, 2.45) is 0 Å². The summed E-state index contributed by atoms with van der Waals surface area (Å²) in [6, 6.07) is -3.20. The topological polar surface area (TPSA) is 173 Å². The van der Waals surface area contributed by atoms with E-state index in [-0.39, 0.29) is 6.54 Å². The lowest BCUT2D eigenvalue weighted by Crippen LogP contribution is -2.50. The molecule has 0 amide bonds. The lowest BCUT2D eigenvalue weighted by molar-refractivity contribution is -0.146. The molecule has 10 nitrogen and oxygen atoms in total. The van der Waals surface area contributed by atoms with Gasteiger partial charge in [-0.3, -0.25) is 19.2 Å². The summed E-state index contributed by atoms with van der Waals surface area (Å²) in [5, 5.41) is 39.7. The quantitative estimate of drug-likeness (QED) is 0.261.